The summed E-state index contributed by atoms with van der Waals surface area (Å²) in [5.41, 5.74) is 2.87. The van der Waals surface area contributed by atoms with Gasteiger partial charge in [0.2, 0.25) is 0 Å². The molecule has 0 aromatic heterocycles. The first-order valence-electron chi connectivity index (χ1n) is 8.57. The van der Waals surface area contributed by atoms with Gasteiger partial charge < -0.3 is 15.4 Å². The van der Waals surface area contributed by atoms with Crippen LogP contribution in [0.15, 0.2) is 36.9 Å². The van der Waals surface area contributed by atoms with Gasteiger partial charge in [0.25, 0.3) is 0 Å². The second-order valence-corrected chi connectivity index (χ2v) is 6.61. The zero-order chi connectivity index (χ0) is 15.3. The van der Waals surface area contributed by atoms with Gasteiger partial charge in [-0.25, -0.2) is 0 Å². The summed E-state index contributed by atoms with van der Waals surface area (Å²) < 4.78 is 5.47. The van der Waals surface area contributed by atoms with E-state index in [0.29, 0.717) is 5.92 Å². The van der Waals surface area contributed by atoms with Gasteiger partial charge in [0.15, 0.2) is 0 Å². The highest BCUT2D eigenvalue weighted by molar-refractivity contribution is 5.26. The maximum atomic E-state index is 5.47. The summed E-state index contributed by atoms with van der Waals surface area (Å²) in [7, 11) is 0. The van der Waals surface area contributed by atoms with Crippen LogP contribution in [-0.2, 0) is 11.3 Å². The fourth-order valence-electron chi connectivity index (χ4n) is 3.51. The molecule has 2 N–H and O–H groups in total. The van der Waals surface area contributed by atoms with Crippen LogP contribution >= 0.6 is 0 Å². The topological polar surface area (TPSA) is 33.3 Å². The molecule has 0 radical (unpaired) electrons. The number of rotatable bonds is 5. The molecule has 3 heteroatoms. The highest BCUT2D eigenvalue weighted by atomic mass is 16.5. The van der Waals surface area contributed by atoms with Gasteiger partial charge in [0, 0.05) is 31.8 Å². The number of hydrogen-bond donors (Lipinski definition) is 2. The Morgan fingerprint density at radius 3 is 2.68 bits per heavy atom. The molecular weight excluding hydrogens is 272 g/mol. The van der Waals surface area contributed by atoms with Crippen LogP contribution in [0.5, 0.6) is 0 Å². The molecule has 3 nitrogen and oxygen atoms in total. The van der Waals surface area contributed by atoms with Crippen molar-refractivity contribution in [1.82, 2.24) is 10.6 Å². The molecule has 2 saturated heterocycles. The number of ether oxygens (including phenoxy) is 1. The molecule has 22 heavy (non-hydrogen) atoms. The SMILES string of the molecule is C=CC1(NCc2ccc(C3CCCNC3)cc2)CCOCC1. The van der Waals surface area contributed by atoms with Gasteiger partial charge in [-0.1, -0.05) is 30.3 Å². The summed E-state index contributed by atoms with van der Waals surface area (Å²) in [6.45, 7) is 8.86. The van der Waals surface area contributed by atoms with E-state index in [0.717, 1.165) is 39.1 Å². The van der Waals surface area contributed by atoms with E-state index < -0.39 is 0 Å². The molecule has 0 saturated carbocycles. The standard InChI is InChI=1S/C19H28N2O/c1-2-19(9-12-22-13-10-19)21-14-16-5-7-17(8-6-16)18-4-3-11-20-15-18/h2,5-8,18,20-21H,1,3-4,9-15H2. The van der Waals surface area contributed by atoms with Crippen molar-refractivity contribution in [3.63, 3.8) is 0 Å². The Morgan fingerprint density at radius 2 is 2.05 bits per heavy atom. The van der Waals surface area contributed by atoms with Crippen molar-refractivity contribution in [3.8, 4) is 0 Å². The molecule has 2 aliphatic heterocycles. The van der Waals surface area contributed by atoms with Gasteiger partial charge in [-0.15, -0.1) is 6.58 Å². The van der Waals surface area contributed by atoms with Crippen molar-refractivity contribution < 1.29 is 4.74 Å². The van der Waals surface area contributed by atoms with Gasteiger partial charge in [0.1, 0.15) is 0 Å². The average molecular weight is 300 g/mol. The zero-order valence-corrected chi connectivity index (χ0v) is 13.4. The van der Waals surface area contributed by atoms with Crippen LogP contribution in [-0.4, -0.2) is 31.8 Å². The largest absolute Gasteiger partial charge is 0.381 e. The van der Waals surface area contributed by atoms with Crippen molar-refractivity contribution in [2.24, 2.45) is 0 Å². The number of piperidine rings is 1. The Bertz CT molecular complexity index is 471. The van der Waals surface area contributed by atoms with E-state index in [-0.39, 0.29) is 5.54 Å². The Hall–Kier alpha value is -1.16. The number of benzene rings is 1. The van der Waals surface area contributed by atoms with E-state index in [4.69, 9.17) is 4.74 Å². The van der Waals surface area contributed by atoms with Crippen molar-refractivity contribution in [2.45, 2.75) is 43.7 Å². The smallest absolute Gasteiger partial charge is 0.0486 e. The molecule has 0 spiro atoms. The fraction of sp³-hybridized carbons (Fsp3) is 0.579. The molecule has 1 atom stereocenters. The minimum Gasteiger partial charge on any atom is -0.381 e. The fourth-order valence-corrected chi connectivity index (χ4v) is 3.51. The molecule has 1 unspecified atom stereocenters. The highest BCUT2D eigenvalue weighted by Gasteiger charge is 2.28. The van der Waals surface area contributed by atoms with Crippen molar-refractivity contribution in [1.29, 1.82) is 0 Å². The lowest BCUT2D eigenvalue weighted by Gasteiger charge is -2.35. The Kier molecular flexibility index (Phi) is 5.29. The summed E-state index contributed by atoms with van der Waals surface area (Å²) in [5, 5.41) is 7.18. The molecular formula is C19H28N2O. The van der Waals surface area contributed by atoms with Gasteiger partial charge in [-0.3, -0.25) is 0 Å². The third kappa shape index (κ3) is 3.78. The summed E-state index contributed by atoms with van der Waals surface area (Å²) in [4.78, 5) is 0. The van der Waals surface area contributed by atoms with Crippen LogP contribution in [0.1, 0.15) is 42.7 Å². The maximum absolute atomic E-state index is 5.47. The maximum Gasteiger partial charge on any atom is 0.0486 e. The first-order valence-corrected chi connectivity index (χ1v) is 8.57. The summed E-state index contributed by atoms with van der Waals surface area (Å²) in [5.74, 6) is 0.686. The monoisotopic (exact) mass is 300 g/mol. The molecule has 1 aromatic rings. The molecule has 3 rings (SSSR count). The van der Waals surface area contributed by atoms with Gasteiger partial charge >= 0.3 is 0 Å². The van der Waals surface area contributed by atoms with Crippen LogP contribution in [0.4, 0.5) is 0 Å². The van der Waals surface area contributed by atoms with Crippen LogP contribution in [0.2, 0.25) is 0 Å². The summed E-state index contributed by atoms with van der Waals surface area (Å²) in [6, 6.07) is 9.15. The minimum absolute atomic E-state index is 0.0458. The van der Waals surface area contributed by atoms with E-state index in [1.165, 1.54) is 30.5 Å². The predicted octanol–water partition coefficient (Wildman–Crippen LogP) is 2.98. The first-order chi connectivity index (χ1) is 10.8. The predicted molar refractivity (Wildman–Crippen MR) is 91.1 cm³/mol. The van der Waals surface area contributed by atoms with Gasteiger partial charge in [0.05, 0.1) is 0 Å². The lowest BCUT2D eigenvalue weighted by atomic mass is 9.89. The van der Waals surface area contributed by atoms with Crippen molar-refractivity contribution in [2.75, 3.05) is 26.3 Å². The normalized spacial score (nSPS) is 24.8. The van der Waals surface area contributed by atoms with Crippen LogP contribution < -0.4 is 10.6 Å². The van der Waals surface area contributed by atoms with Gasteiger partial charge in [-0.05, 0) is 49.3 Å². The Labute approximate surface area is 134 Å². The van der Waals surface area contributed by atoms with Gasteiger partial charge in [-0.2, -0.15) is 0 Å². The molecule has 2 heterocycles. The Morgan fingerprint density at radius 1 is 1.27 bits per heavy atom. The Balaban J connectivity index is 1.57. The summed E-state index contributed by atoms with van der Waals surface area (Å²) >= 11 is 0. The summed E-state index contributed by atoms with van der Waals surface area (Å²) in [6.07, 6.45) is 6.70. The molecule has 0 aliphatic carbocycles. The average Bonchev–Trinajstić information content (AvgIpc) is 2.62. The van der Waals surface area contributed by atoms with E-state index in [2.05, 4.69) is 47.6 Å². The van der Waals surface area contributed by atoms with Crippen LogP contribution in [0.3, 0.4) is 0 Å². The molecule has 0 amide bonds. The second-order valence-electron chi connectivity index (χ2n) is 6.61. The molecule has 120 valence electrons. The van der Waals surface area contributed by atoms with Crippen LogP contribution in [0.25, 0.3) is 0 Å². The third-order valence-corrected chi connectivity index (χ3v) is 5.17. The lowest BCUT2D eigenvalue weighted by molar-refractivity contribution is 0.0550. The van der Waals surface area contributed by atoms with Crippen LogP contribution in [0, 0.1) is 0 Å². The van der Waals surface area contributed by atoms with E-state index in [1.54, 1.807) is 0 Å². The van der Waals surface area contributed by atoms with E-state index in [1.807, 2.05) is 0 Å². The first kappa shape index (κ1) is 15.7. The molecule has 2 aliphatic rings. The zero-order valence-electron chi connectivity index (χ0n) is 13.4. The van der Waals surface area contributed by atoms with E-state index in [9.17, 15) is 0 Å². The highest BCUT2D eigenvalue weighted by Crippen LogP contribution is 2.25. The molecule has 2 fully saturated rings. The van der Waals surface area contributed by atoms with Crippen molar-refractivity contribution in [3.05, 3.63) is 48.0 Å². The molecule has 0 bridgehead atoms. The number of nitrogens with one attached hydrogen (secondary N) is 2. The molecule has 1 aromatic carbocycles. The lowest BCUT2D eigenvalue weighted by Crippen LogP contribution is -2.47. The second kappa shape index (κ2) is 7.40. The minimum atomic E-state index is 0.0458. The van der Waals surface area contributed by atoms with E-state index >= 15 is 0 Å². The quantitative estimate of drug-likeness (QED) is 0.820. The third-order valence-electron chi connectivity index (χ3n) is 5.17. The van der Waals surface area contributed by atoms with Crippen molar-refractivity contribution >= 4 is 0 Å². The number of hydrogen-bond acceptors (Lipinski definition) is 3.